The maximum atomic E-state index is 13.6. The number of hydrogen-bond donors (Lipinski definition) is 3. The molecule has 0 heterocycles. The van der Waals surface area contributed by atoms with E-state index in [2.05, 4.69) is 9.82 Å². The number of nitrogens with zero attached hydrogens (tertiary/aromatic N) is 2. The summed E-state index contributed by atoms with van der Waals surface area (Å²) in [7, 11) is -2.22. The van der Waals surface area contributed by atoms with Crippen LogP contribution in [0.4, 0.5) is 0 Å². The molecule has 8 nitrogen and oxygen atoms in total. The number of benzene rings is 3. The maximum absolute atomic E-state index is 13.6. The number of rotatable bonds is 8. The predicted octanol–water partition coefficient (Wildman–Crippen LogP) is 2.71. The first-order chi connectivity index (χ1) is 16.8. The quantitative estimate of drug-likeness (QED) is 0.192. The summed E-state index contributed by atoms with van der Waals surface area (Å²) >= 11 is 0. The number of fused-ring (bicyclic) bond motifs is 1. The van der Waals surface area contributed by atoms with Crippen LogP contribution < -0.4 is 16.3 Å². The number of nitrogens with two attached hydrogens (primary N) is 2. The molecule has 1 fully saturated rings. The Kier molecular flexibility index (Phi) is 7.37. The Bertz CT molecular complexity index is 1330. The molecule has 9 heteroatoms. The average molecular weight is 494 g/mol. The van der Waals surface area contributed by atoms with Gasteiger partial charge in [0.15, 0.2) is 0 Å². The van der Waals surface area contributed by atoms with Crippen LogP contribution in [0.3, 0.4) is 0 Å². The van der Waals surface area contributed by atoms with Gasteiger partial charge >= 0.3 is 0 Å². The van der Waals surface area contributed by atoms with Gasteiger partial charge < -0.3 is 16.5 Å². The predicted molar refractivity (Wildman–Crippen MR) is 138 cm³/mol. The lowest BCUT2D eigenvalue weighted by atomic mass is 10.0. The lowest BCUT2D eigenvalue weighted by Gasteiger charge is -2.29. The number of hydrogen-bond acceptors (Lipinski definition) is 5. The molecule has 0 bridgehead atoms. The average Bonchev–Trinajstić information content (AvgIpc) is 3.42. The summed E-state index contributed by atoms with van der Waals surface area (Å²) in [4.78, 5) is 15.4. The van der Waals surface area contributed by atoms with Crippen molar-refractivity contribution in [2.45, 2.75) is 49.1 Å². The lowest BCUT2D eigenvalue weighted by molar-refractivity contribution is -0.133. The second kappa shape index (κ2) is 10.5. The van der Waals surface area contributed by atoms with Crippen LogP contribution in [0.15, 0.2) is 76.7 Å². The lowest BCUT2D eigenvalue weighted by Crippen LogP contribution is -2.50. The molecule has 0 aliphatic heterocycles. The van der Waals surface area contributed by atoms with Gasteiger partial charge in [0.05, 0.1) is 4.90 Å². The van der Waals surface area contributed by atoms with Crippen molar-refractivity contribution < 1.29 is 13.2 Å². The molecule has 1 aliphatic carbocycles. The molecule has 1 atom stereocenters. The maximum Gasteiger partial charge on any atom is 0.241 e. The second-order valence-electron chi connectivity index (χ2n) is 8.95. The fourth-order valence-corrected chi connectivity index (χ4v) is 6.12. The fraction of sp³-hybridized carbons (Fsp3) is 0.308. The highest BCUT2D eigenvalue weighted by atomic mass is 32.2. The van der Waals surface area contributed by atoms with Crippen molar-refractivity contribution in [1.82, 2.24) is 9.62 Å². The summed E-state index contributed by atoms with van der Waals surface area (Å²) < 4.78 is 29.8. The van der Waals surface area contributed by atoms with Crippen molar-refractivity contribution in [3.63, 3.8) is 0 Å². The van der Waals surface area contributed by atoms with E-state index in [-0.39, 0.29) is 29.1 Å². The standard InChI is InChI=1S/C26H31N5O3S/c1-31(21-9-3-4-10-21)26(32)23(17-18-13-15-20(16-14-18)25(27)29-28)30-35(33,34)24-12-6-8-19-7-2-5-11-22(19)24/h2,5-8,11-16,21,23,30H,3-4,9-10,17,28H2,1H3,(H2,27,29). The second-order valence-corrected chi connectivity index (χ2v) is 10.6. The Morgan fingerprint density at radius 2 is 1.71 bits per heavy atom. The summed E-state index contributed by atoms with van der Waals surface area (Å²) in [5.41, 5.74) is 7.21. The Balaban J connectivity index is 1.66. The Hall–Kier alpha value is -3.43. The van der Waals surface area contributed by atoms with Gasteiger partial charge in [0, 0.05) is 24.0 Å². The van der Waals surface area contributed by atoms with E-state index in [1.807, 2.05) is 18.2 Å². The van der Waals surface area contributed by atoms with Crippen molar-refractivity contribution in [3.8, 4) is 0 Å². The highest BCUT2D eigenvalue weighted by Gasteiger charge is 2.32. The van der Waals surface area contributed by atoms with E-state index in [1.54, 1.807) is 60.5 Å². The van der Waals surface area contributed by atoms with Gasteiger partial charge in [-0.1, -0.05) is 73.5 Å². The van der Waals surface area contributed by atoms with Crippen molar-refractivity contribution >= 4 is 32.5 Å². The number of sulfonamides is 1. The minimum atomic E-state index is -3.99. The van der Waals surface area contributed by atoms with E-state index in [4.69, 9.17) is 11.6 Å². The number of carbonyl (C=O) groups excluding carboxylic acids is 1. The Labute approximate surface area is 206 Å². The zero-order chi connectivity index (χ0) is 25.0. The van der Waals surface area contributed by atoms with Crippen LogP contribution >= 0.6 is 0 Å². The van der Waals surface area contributed by atoms with Crippen molar-refractivity contribution in [1.29, 1.82) is 0 Å². The number of nitrogens with one attached hydrogen (secondary N) is 1. The first-order valence-corrected chi connectivity index (χ1v) is 13.2. The third-order valence-electron chi connectivity index (χ3n) is 6.68. The Morgan fingerprint density at radius 1 is 1.06 bits per heavy atom. The first-order valence-electron chi connectivity index (χ1n) is 11.7. The van der Waals surface area contributed by atoms with Gasteiger partial charge in [-0.25, -0.2) is 8.42 Å². The minimum absolute atomic E-state index is 0.120. The molecule has 0 saturated heterocycles. The van der Waals surface area contributed by atoms with Crippen molar-refractivity contribution in [3.05, 3.63) is 77.9 Å². The van der Waals surface area contributed by atoms with E-state index >= 15 is 0 Å². The van der Waals surface area contributed by atoms with Crippen molar-refractivity contribution in [2.75, 3.05) is 7.05 Å². The molecule has 1 unspecified atom stereocenters. The van der Waals surface area contributed by atoms with Crippen LogP contribution in [0.2, 0.25) is 0 Å². The van der Waals surface area contributed by atoms with Gasteiger partial charge in [-0.2, -0.15) is 9.82 Å². The topological polar surface area (TPSA) is 131 Å². The molecule has 3 aromatic carbocycles. The third-order valence-corrected chi connectivity index (χ3v) is 8.21. The van der Waals surface area contributed by atoms with E-state index in [0.29, 0.717) is 10.9 Å². The SMILES string of the molecule is CN(C(=O)C(Cc1ccc(/C(N)=N/N)cc1)NS(=O)(=O)c1cccc2ccccc12)C1CCCC1. The van der Waals surface area contributed by atoms with Gasteiger partial charge in [-0.05, 0) is 36.3 Å². The zero-order valence-corrected chi connectivity index (χ0v) is 20.5. The number of carbonyl (C=O) groups is 1. The van der Waals surface area contributed by atoms with Crippen LogP contribution in [0.25, 0.3) is 10.8 Å². The van der Waals surface area contributed by atoms with Crippen LogP contribution in [-0.4, -0.2) is 44.2 Å². The molecule has 0 aromatic heterocycles. The van der Waals surface area contributed by atoms with Gasteiger partial charge in [-0.3, -0.25) is 4.79 Å². The first kappa shape index (κ1) is 24.7. The molecule has 35 heavy (non-hydrogen) atoms. The molecular formula is C26H31N5O3S. The normalized spacial score (nSPS) is 15.9. The monoisotopic (exact) mass is 493 g/mol. The van der Waals surface area contributed by atoms with Gasteiger partial charge in [0.2, 0.25) is 15.9 Å². The highest BCUT2D eigenvalue weighted by molar-refractivity contribution is 7.89. The largest absolute Gasteiger partial charge is 0.382 e. The molecule has 4 rings (SSSR count). The summed E-state index contributed by atoms with van der Waals surface area (Å²) in [6.45, 7) is 0. The number of amides is 1. The van der Waals surface area contributed by atoms with Crippen molar-refractivity contribution in [2.24, 2.45) is 16.7 Å². The molecule has 0 spiro atoms. The third kappa shape index (κ3) is 5.47. The summed E-state index contributed by atoms with van der Waals surface area (Å²) in [6.07, 6.45) is 4.19. The van der Waals surface area contributed by atoms with E-state index in [1.165, 1.54) is 0 Å². The smallest absolute Gasteiger partial charge is 0.241 e. The van der Waals surface area contributed by atoms with Gasteiger partial charge in [-0.15, -0.1) is 0 Å². The van der Waals surface area contributed by atoms with E-state index in [9.17, 15) is 13.2 Å². The number of likely N-dealkylation sites (N-methyl/N-ethyl adjacent to an activating group) is 1. The van der Waals surface area contributed by atoms with Gasteiger partial charge in [0.1, 0.15) is 11.9 Å². The molecule has 184 valence electrons. The molecule has 0 radical (unpaired) electrons. The summed E-state index contributed by atoms with van der Waals surface area (Å²) in [5, 5.41) is 4.92. The van der Waals surface area contributed by atoms with E-state index < -0.39 is 16.1 Å². The zero-order valence-electron chi connectivity index (χ0n) is 19.7. The summed E-state index contributed by atoms with van der Waals surface area (Å²) in [6, 6.07) is 18.7. The molecule has 5 N–H and O–H groups in total. The molecule has 3 aromatic rings. The molecule has 1 amide bonds. The van der Waals surface area contributed by atoms with Crippen LogP contribution in [-0.2, 0) is 21.2 Å². The molecule has 1 saturated carbocycles. The number of amidine groups is 1. The van der Waals surface area contributed by atoms with Crippen LogP contribution in [0.5, 0.6) is 0 Å². The molecular weight excluding hydrogens is 462 g/mol. The van der Waals surface area contributed by atoms with Crippen LogP contribution in [0, 0.1) is 0 Å². The van der Waals surface area contributed by atoms with Crippen LogP contribution in [0.1, 0.15) is 36.8 Å². The Morgan fingerprint density at radius 3 is 2.40 bits per heavy atom. The number of hydrazone groups is 1. The molecule has 1 aliphatic rings. The minimum Gasteiger partial charge on any atom is -0.382 e. The fourth-order valence-electron chi connectivity index (χ4n) is 4.70. The highest BCUT2D eigenvalue weighted by Crippen LogP contribution is 2.25. The van der Waals surface area contributed by atoms with E-state index in [0.717, 1.165) is 36.6 Å². The summed E-state index contributed by atoms with van der Waals surface area (Å²) in [5.74, 6) is 5.21. The van der Waals surface area contributed by atoms with Gasteiger partial charge in [0.25, 0.3) is 0 Å².